The number of amides is 1. The topological polar surface area (TPSA) is 29.5 Å². The van der Waals surface area contributed by atoms with Gasteiger partial charge in [-0.05, 0) is 66.1 Å². The second kappa shape index (κ2) is 11.8. The Labute approximate surface area is 217 Å². The van der Waals surface area contributed by atoms with E-state index in [1.165, 1.54) is 17.7 Å². The van der Waals surface area contributed by atoms with Crippen molar-refractivity contribution in [1.29, 1.82) is 0 Å². The van der Waals surface area contributed by atoms with Crippen LogP contribution in [0, 0.1) is 11.8 Å². The lowest BCUT2D eigenvalue weighted by Gasteiger charge is -2.37. The van der Waals surface area contributed by atoms with E-state index >= 15 is 0 Å². The van der Waals surface area contributed by atoms with Gasteiger partial charge in [0.15, 0.2) is 0 Å². The summed E-state index contributed by atoms with van der Waals surface area (Å²) in [6.45, 7) is 5.62. The Balaban J connectivity index is 1.46. The lowest BCUT2D eigenvalue weighted by Crippen LogP contribution is -2.43. The minimum absolute atomic E-state index is 0.0239. The minimum Gasteiger partial charge on any atom is -0.485 e. The number of ether oxygens (including phenoxy) is 1. The smallest absolute Gasteiger partial charge is 0.416 e. The summed E-state index contributed by atoms with van der Waals surface area (Å²) in [7, 11) is 0. The molecule has 1 fully saturated rings. The number of hydrogen-bond donors (Lipinski definition) is 0. The normalized spacial score (nSPS) is 17.0. The van der Waals surface area contributed by atoms with E-state index in [0.717, 1.165) is 42.5 Å². The molecule has 3 aromatic rings. The molecule has 1 aliphatic heterocycles. The number of nitrogens with zero attached hydrogens (tertiary/aromatic N) is 1. The van der Waals surface area contributed by atoms with Gasteiger partial charge in [0.1, 0.15) is 11.9 Å². The largest absolute Gasteiger partial charge is 0.485 e. The molecule has 37 heavy (non-hydrogen) atoms. The summed E-state index contributed by atoms with van der Waals surface area (Å²) in [5.74, 6) is 1.07. The van der Waals surface area contributed by atoms with Crippen molar-refractivity contribution in [3.05, 3.63) is 101 Å². The van der Waals surface area contributed by atoms with Crippen molar-refractivity contribution < 1.29 is 22.7 Å². The van der Waals surface area contributed by atoms with Crippen LogP contribution in [0.2, 0.25) is 0 Å². The molecular formula is C31H34F3NO2. The van der Waals surface area contributed by atoms with Crippen LogP contribution in [0.5, 0.6) is 5.75 Å². The Morgan fingerprint density at radius 1 is 0.946 bits per heavy atom. The quantitative estimate of drug-likeness (QED) is 0.315. The van der Waals surface area contributed by atoms with Crippen LogP contribution in [0.4, 0.5) is 13.2 Å². The van der Waals surface area contributed by atoms with Gasteiger partial charge >= 0.3 is 6.18 Å². The maximum atomic E-state index is 13.2. The third-order valence-electron chi connectivity index (χ3n) is 6.83. The van der Waals surface area contributed by atoms with Gasteiger partial charge in [0.05, 0.1) is 12.0 Å². The maximum Gasteiger partial charge on any atom is 0.416 e. The van der Waals surface area contributed by atoms with Crippen molar-refractivity contribution in [3.63, 3.8) is 0 Å². The zero-order valence-corrected chi connectivity index (χ0v) is 21.4. The molecule has 0 radical (unpaired) electrons. The summed E-state index contributed by atoms with van der Waals surface area (Å²) < 4.78 is 45.3. The number of benzene rings is 3. The number of piperidine rings is 1. The summed E-state index contributed by atoms with van der Waals surface area (Å²) in [5, 5.41) is 0. The second-order valence-electron chi connectivity index (χ2n) is 10.3. The Kier molecular flexibility index (Phi) is 8.57. The second-order valence-corrected chi connectivity index (χ2v) is 10.3. The van der Waals surface area contributed by atoms with Gasteiger partial charge in [-0.15, -0.1) is 0 Å². The Bertz CT molecular complexity index is 1140. The highest BCUT2D eigenvalue weighted by Gasteiger charge is 2.33. The van der Waals surface area contributed by atoms with Crippen molar-refractivity contribution in [2.24, 2.45) is 11.8 Å². The zero-order valence-electron chi connectivity index (χ0n) is 21.4. The molecule has 4 rings (SSSR count). The average molecular weight is 510 g/mol. The number of carbonyl (C=O) groups is 1. The third-order valence-corrected chi connectivity index (χ3v) is 6.83. The van der Waals surface area contributed by atoms with Gasteiger partial charge < -0.3 is 9.64 Å². The van der Waals surface area contributed by atoms with E-state index in [4.69, 9.17) is 4.74 Å². The predicted molar refractivity (Wildman–Crippen MR) is 139 cm³/mol. The standard InChI is InChI=1S/C31H34F3NO2/c1-22(2)19-23-10-12-24(13-11-23)20-29(36)35-18-6-9-26(21-35)30(25-7-4-3-5-8-25)37-28-16-14-27(15-17-28)31(32,33)34/h3-5,7-8,10-17,22,26,30H,6,9,18-21H2,1-2H3/t26?,30-/m1/s1. The molecule has 3 nitrogen and oxygen atoms in total. The fourth-order valence-electron chi connectivity index (χ4n) is 4.98. The van der Waals surface area contributed by atoms with Gasteiger partial charge in [0, 0.05) is 19.0 Å². The minimum atomic E-state index is -4.39. The van der Waals surface area contributed by atoms with Crippen LogP contribution in [0.3, 0.4) is 0 Å². The van der Waals surface area contributed by atoms with Gasteiger partial charge in [0.25, 0.3) is 0 Å². The van der Waals surface area contributed by atoms with Crippen LogP contribution < -0.4 is 4.74 Å². The predicted octanol–water partition coefficient (Wildman–Crippen LogP) is 7.51. The van der Waals surface area contributed by atoms with Gasteiger partial charge in [-0.25, -0.2) is 0 Å². The summed E-state index contributed by atoms with van der Waals surface area (Å²) in [4.78, 5) is 15.1. The van der Waals surface area contributed by atoms with Crippen LogP contribution in [0.1, 0.15) is 55.0 Å². The van der Waals surface area contributed by atoms with E-state index < -0.39 is 11.7 Å². The molecule has 0 bridgehead atoms. The number of rotatable bonds is 8. The van der Waals surface area contributed by atoms with Gasteiger partial charge in [-0.2, -0.15) is 13.2 Å². The molecular weight excluding hydrogens is 475 g/mol. The lowest BCUT2D eigenvalue weighted by atomic mass is 9.88. The molecule has 0 aromatic heterocycles. The molecule has 0 N–H and O–H groups in total. The summed E-state index contributed by atoms with van der Waals surface area (Å²) in [6.07, 6.45) is -1.68. The van der Waals surface area contributed by atoms with E-state index in [1.54, 1.807) is 0 Å². The summed E-state index contributed by atoms with van der Waals surface area (Å²) in [6, 6.07) is 22.8. The first-order chi connectivity index (χ1) is 17.7. The molecule has 1 saturated heterocycles. The van der Waals surface area contributed by atoms with E-state index in [0.29, 0.717) is 31.2 Å². The highest BCUT2D eigenvalue weighted by molar-refractivity contribution is 5.78. The molecule has 3 aromatic carbocycles. The first-order valence-corrected chi connectivity index (χ1v) is 12.9. The van der Waals surface area contributed by atoms with Crippen LogP contribution >= 0.6 is 0 Å². The Morgan fingerprint density at radius 3 is 2.22 bits per heavy atom. The van der Waals surface area contributed by atoms with Crippen LogP contribution in [0.25, 0.3) is 0 Å². The van der Waals surface area contributed by atoms with Crippen LogP contribution in [-0.4, -0.2) is 23.9 Å². The monoisotopic (exact) mass is 509 g/mol. The first kappa shape index (κ1) is 26.8. The first-order valence-electron chi connectivity index (χ1n) is 12.9. The van der Waals surface area contributed by atoms with E-state index in [2.05, 4.69) is 26.0 Å². The average Bonchev–Trinajstić information content (AvgIpc) is 2.88. The molecule has 1 unspecified atom stereocenters. The third kappa shape index (κ3) is 7.37. The van der Waals surface area contributed by atoms with Gasteiger partial charge in [0.2, 0.25) is 5.91 Å². The molecule has 0 aliphatic carbocycles. The van der Waals surface area contributed by atoms with E-state index in [9.17, 15) is 18.0 Å². The Hall–Kier alpha value is -3.28. The van der Waals surface area contributed by atoms with Crippen molar-refractivity contribution in [1.82, 2.24) is 4.90 Å². The number of alkyl halides is 3. The van der Waals surface area contributed by atoms with E-state index in [-0.39, 0.29) is 17.9 Å². The Morgan fingerprint density at radius 2 is 1.59 bits per heavy atom. The van der Waals surface area contributed by atoms with Crippen molar-refractivity contribution in [2.45, 2.75) is 51.8 Å². The lowest BCUT2D eigenvalue weighted by molar-refractivity contribution is -0.137. The molecule has 1 amide bonds. The van der Waals surface area contributed by atoms with Gasteiger partial charge in [-0.3, -0.25) is 4.79 Å². The molecule has 0 spiro atoms. The molecule has 196 valence electrons. The van der Waals surface area contributed by atoms with Crippen molar-refractivity contribution >= 4 is 5.91 Å². The summed E-state index contributed by atoms with van der Waals surface area (Å²) in [5.41, 5.74) is 2.51. The van der Waals surface area contributed by atoms with Crippen LogP contribution in [0.15, 0.2) is 78.9 Å². The fraction of sp³-hybridized carbons (Fsp3) is 0.387. The van der Waals surface area contributed by atoms with Crippen molar-refractivity contribution in [2.75, 3.05) is 13.1 Å². The highest BCUT2D eigenvalue weighted by atomic mass is 19.4. The molecule has 1 aliphatic rings. The zero-order chi connectivity index (χ0) is 26.4. The van der Waals surface area contributed by atoms with Crippen LogP contribution in [-0.2, 0) is 23.8 Å². The fourth-order valence-corrected chi connectivity index (χ4v) is 4.98. The highest BCUT2D eigenvalue weighted by Crippen LogP contribution is 2.36. The number of halogens is 3. The molecule has 2 atom stereocenters. The maximum absolute atomic E-state index is 13.2. The number of likely N-dealkylation sites (tertiary alicyclic amines) is 1. The van der Waals surface area contributed by atoms with Crippen molar-refractivity contribution in [3.8, 4) is 5.75 Å². The van der Waals surface area contributed by atoms with E-state index in [1.807, 2.05) is 47.4 Å². The SMILES string of the molecule is CC(C)Cc1ccc(CC(=O)N2CCCC([C@H](Oc3ccc(C(F)(F)F)cc3)c3ccccc3)C2)cc1. The van der Waals surface area contributed by atoms with Gasteiger partial charge in [-0.1, -0.05) is 68.4 Å². The summed E-state index contributed by atoms with van der Waals surface area (Å²) >= 11 is 0. The molecule has 6 heteroatoms. The molecule has 0 saturated carbocycles. The number of hydrogen-bond acceptors (Lipinski definition) is 2. The molecule has 1 heterocycles. The number of carbonyl (C=O) groups excluding carboxylic acids is 1.